The highest BCUT2D eigenvalue weighted by Crippen LogP contribution is 2.38. The quantitative estimate of drug-likeness (QED) is 0.872. The predicted octanol–water partition coefficient (Wildman–Crippen LogP) is 4.43. The third kappa shape index (κ3) is 2.58. The molecule has 1 heterocycles. The van der Waals surface area contributed by atoms with Gasteiger partial charge in [0.1, 0.15) is 5.75 Å². The molecular formula is C13H15NOS2. The average Bonchev–Trinajstić information content (AvgIpc) is 2.71. The molecule has 0 aliphatic heterocycles. The fourth-order valence-electron chi connectivity index (χ4n) is 2.27. The lowest BCUT2D eigenvalue weighted by Gasteiger charge is -2.19. The summed E-state index contributed by atoms with van der Waals surface area (Å²) in [4.78, 5) is 4.62. The molecule has 90 valence electrons. The van der Waals surface area contributed by atoms with Crippen molar-refractivity contribution in [3.05, 3.63) is 18.2 Å². The molecule has 1 aromatic heterocycles. The Morgan fingerprint density at radius 1 is 1.24 bits per heavy atom. The van der Waals surface area contributed by atoms with Crippen molar-refractivity contribution in [3.63, 3.8) is 0 Å². The van der Waals surface area contributed by atoms with Crippen molar-refractivity contribution in [2.24, 2.45) is 0 Å². The van der Waals surface area contributed by atoms with Crippen LogP contribution in [0.2, 0.25) is 0 Å². The Hall–Kier alpha value is -0.740. The second kappa shape index (κ2) is 4.86. The standard InChI is InChI=1S/C13H15NOS2/c15-9-6-7-11-12(8-9)17-13(14-11)16-10-4-2-1-3-5-10/h6-8,10,15H,1-5H2. The molecule has 0 radical (unpaired) electrons. The molecule has 1 aliphatic carbocycles. The minimum Gasteiger partial charge on any atom is -0.508 e. The molecule has 0 unspecified atom stereocenters. The molecule has 2 nitrogen and oxygen atoms in total. The zero-order valence-electron chi connectivity index (χ0n) is 9.56. The number of hydrogen-bond acceptors (Lipinski definition) is 4. The lowest BCUT2D eigenvalue weighted by Crippen LogP contribution is -2.07. The van der Waals surface area contributed by atoms with E-state index in [9.17, 15) is 5.11 Å². The van der Waals surface area contributed by atoms with E-state index in [2.05, 4.69) is 4.98 Å². The van der Waals surface area contributed by atoms with Gasteiger partial charge in [-0.2, -0.15) is 0 Å². The van der Waals surface area contributed by atoms with Crippen LogP contribution >= 0.6 is 23.1 Å². The number of rotatable bonds is 2. The van der Waals surface area contributed by atoms with E-state index in [0.29, 0.717) is 5.75 Å². The molecule has 1 aromatic carbocycles. The number of fused-ring (bicyclic) bond motifs is 1. The predicted molar refractivity (Wildman–Crippen MR) is 74.0 cm³/mol. The largest absolute Gasteiger partial charge is 0.508 e. The van der Waals surface area contributed by atoms with E-state index in [4.69, 9.17) is 0 Å². The zero-order chi connectivity index (χ0) is 11.7. The van der Waals surface area contributed by atoms with Crippen molar-refractivity contribution < 1.29 is 5.11 Å². The molecule has 1 fully saturated rings. The summed E-state index contributed by atoms with van der Waals surface area (Å²) in [5.41, 5.74) is 1.01. The molecule has 1 N–H and O–H groups in total. The summed E-state index contributed by atoms with van der Waals surface area (Å²) in [6.07, 6.45) is 6.77. The van der Waals surface area contributed by atoms with Crippen molar-refractivity contribution >= 4 is 33.3 Å². The summed E-state index contributed by atoms with van der Waals surface area (Å²) in [7, 11) is 0. The van der Waals surface area contributed by atoms with Crippen LogP contribution in [0.5, 0.6) is 5.75 Å². The highest BCUT2D eigenvalue weighted by molar-refractivity contribution is 8.01. The van der Waals surface area contributed by atoms with Crippen molar-refractivity contribution in [1.82, 2.24) is 4.98 Å². The summed E-state index contributed by atoms with van der Waals surface area (Å²) in [6.45, 7) is 0. The lowest BCUT2D eigenvalue weighted by atomic mass is 10.0. The monoisotopic (exact) mass is 265 g/mol. The van der Waals surface area contributed by atoms with Gasteiger partial charge < -0.3 is 5.11 Å². The van der Waals surface area contributed by atoms with Crippen LogP contribution < -0.4 is 0 Å². The summed E-state index contributed by atoms with van der Waals surface area (Å²) >= 11 is 3.62. The number of benzene rings is 1. The summed E-state index contributed by atoms with van der Waals surface area (Å²) < 4.78 is 2.24. The van der Waals surface area contributed by atoms with Gasteiger partial charge in [-0.05, 0) is 31.0 Å². The minimum atomic E-state index is 0.329. The highest BCUT2D eigenvalue weighted by atomic mass is 32.2. The van der Waals surface area contributed by atoms with Crippen molar-refractivity contribution in [1.29, 1.82) is 0 Å². The second-order valence-electron chi connectivity index (χ2n) is 4.51. The number of aromatic nitrogens is 1. The van der Waals surface area contributed by atoms with Crippen molar-refractivity contribution in [2.45, 2.75) is 41.7 Å². The van der Waals surface area contributed by atoms with E-state index in [1.54, 1.807) is 23.5 Å². The Labute approximate surface area is 109 Å². The topological polar surface area (TPSA) is 33.1 Å². The van der Waals surface area contributed by atoms with Crippen LogP contribution in [-0.2, 0) is 0 Å². The van der Waals surface area contributed by atoms with Gasteiger partial charge in [-0.1, -0.05) is 31.0 Å². The minimum absolute atomic E-state index is 0.329. The van der Waals surface area contributed by atoms with Gasteiger partial charge in [0.2, 0.25) is 0 Å². The highest BCUT2D eigenvalue weighted by Gasteiger charge is 2.16. The van der Waals surface area contributed by atoms with Crippen LogP contribution in [0.1, 0.15) is 32.1 Å². The molecule has 0 saturated heterocycles. The van der Waals surface area contributed by atoms with Gasteiger partial charge in [0.25, 0.3) is 0 Å². The Kier molecular flexibility index (Phi) is 3.25. The Bertz CT molecular complexity index is 517. The molecular weight excluding hydrogens is 250 g/mol. The Morgan fingerprint density at radius 2 is 2.06 bits per heavy atom. The van der Waals surface area contributed by atoms with Gasteiger partial charge in [-0.15, -0.1) is 11.3 Å². The van der Waals surface area contributed by atoms with Crippen LogP contribution in [0.3, 0.4) is 0 Å². The molecule has 1 aliphatic rings. The number of thiazole rings is 1. The van der Waals surface area contributed by atoms with E-state index < -0.39 is 0 Å². The van der Waals surface area contributed by atoms with Gasteiger partial charge in [-0.3, -0.25) is 0 Å². The van der Waals surface area contributed by atoms with E-state index in [0.717, 1.165) is 19.8 Å². The first-order valence-corrected chi connectivity index (χ1v) is 7.77. The van der Waals surface area contributed by atoms with E-state index in [1.807, 2.05) is 17.8 Å². The van der Waals surface area contributed by atoms with Gasteiger partial charge >= 0.3 is 0 Å². The van der Waals surface area contributed by atoms with Gasteiger partial charge in [-0.25, -0.2) is 4.98 Å². The molecule has 2 aromatic rings. The average molecular weight is 265 g/mol. The molecule has 1 saturated carbocycles. The summed E-state index contributed by atoms with van der Waals surface area (Å²) in [5, 5.41) is 10.2. The summed E-state index contributed by atoms with van der Waals surface area (Å²) in [6, 6.07) is 5.40. The fourth-order valence-corrected chi connectivity index (χ4v) is 4.87. The molecule has 0 bridgehead atoms. The van der Waals surface area contributed by atoms with Crippen LogP contribution in [-0.4, -0.2) is 15.3 Å². The molecule has 0 atom stereocenters. The van der Waals surface area contributed by atoms with Gasteiger partial charge in [0.15, 0.2) is 4.34 Å². The molecule has 0 spiro atoms. The lowest BCUT2D eigenvalue weighted by molar-refractivity contribution is 0.476. The van der Waals surface area contributed by atoms with Crippen molar-refractivity contribution in [3.8, 4) is 5.75 Å². The van der Waals surface area contributed by atoms with Gasteiger partial charge in [0.05, 0.1) is 10.2 Å². The zero-order valence-corrected chi connectivity index (χ0v) is 11.2. The number of phenols is 1. The first-order chi connectivity index (χ1) is 8.31. The number of nitrogens with zero attached hydrogens (tertiary/aromatic N) is 1. The van der Waals surface area contributed by atoms with Crippen molar-refractivity contribution in [2.75, 3.05) is 0 Å². The summed E-state index contributed by atoms with van der Waals surface area (Å²) in [5.74, 6) is 0.329. The van der Waals surface area contributed by atoms with E-state index in [-0.39, 0.29) is 0 Å². The maximum Gasteiger partial charge on any atom is 0.151 e. The van der Waals surface area contributed by atoms with E-state index in [1.165, 1.54) is 32.1 Å². The third-order valence-electron chi connectivity index (χ3n) is 3.17. The third-order valence-corrected chi connectivity index (χ3v) is 5.62. The second-order valence-corrected chi connectivity index (χ2v) is 7.09. The van der Waals surface area contributed by atoms with Gasteiger partial charge in [0, 0.05) is 5.25 Å². The number of hydrogen-bond donors (Lipinski definition) is 1. The molecule has 17 heavy (non-hydrogen) atoms. The number of thioether (sulfide) groups is 1. The maximum absolute atomic E-state index is 9.43. The van der Waals surface area contributed by atoms with Crippen LogP contribution in [0.15, 0.2) is 22.5 Å². The SMILES string of the molecule is Oc1ccc2nc(SC3CCCCC3)sc2c1. The first-order valence-electron chi connectivity index (χ1n) is 6.07. The van der Waals surface area contributed by atoms with Crippen LogP contribution in [0.25, 0.3) is 10.2 Å². The van der Waals surface area contributed by atoms with Crippen LogP contribution in [0.4, 0.5) is 0 Å². The molecule has 3 rings (SSSR count). The smallest absolute Gasteiger partial charge is 0.151 e. The number of aromatic hydroxyl groups is 1. The molecule has 0 amide bonds. The maximum atomic E-state index is 9.43. The Balaban J connectivity index is 1.80. The normalized spacial score (nSPS) is 17.6. The molecule has 4 heteroatoms. The Morgan fingerprint density at radius 3 is 2.88 bits per heavy atom. The van der Waals surface area contributed by atoms with Crippen LogP contribution in [0, 0.1) is 0 Å². The first kappa shape index (κ1) is 11.4. The fraction of sp³-hybridized carbons (Fsp3) is 0.462. The number of phenolic OH excluding ortho intramolecular Hbond substituents is 1. The van der Waals surface area contributed by atoms with E-state index >= 15 is 0 Å².